The van der Waals surface area contributed by atoms with Crippen molar-refractivity contribution in [3.63, 3.8) is 0 Å². The summed E-state index contributed by atoms with van der Waals surface area (Å²) in [5.41, 5.74) is 0.496. The normalized spacial score (nSPS) is 10.7. The van der Waals surface area contributed by atoms with E-state index in [4.69, 9.17) is 10.2 Å². The molecule has 0 aliphatic carbocycles. The third kappa shape index (κ3) is 4.01. The molecule has 0 atom stereocenters. The second-order valence-corrected chi connectivity index (χ2v) is 4.30. The Labute approximate surface area is 103 Å². The van der Waals surface area contributed by atoms with Crippen LogP contribution in [-0.2, 0) is 4.79 Å². The molecule has 0 unspecified atom stereocenters. The monoisotopic (exact) mass is 255 g/mol. The standard InChI is InChI=1S/C11H13NO4S/c1-12(4-5-13)11(16)8-6-9(17-7-8)2-3-10(14)15/h2-3,6-7,13H,4-5H2,1H3,(H,14,15). The van der Waals surface area contributed by atoms with E-state index < -0.39 is 5.97 Å². The number of aliphatic hydroxyl groups is 1. The average Bonchev–Trinajstić information content (AvgIpc) is 2.74. The lowest BCUT2D eigenvalue weighted by atomic mass is 10.2. The minimum absolute atomic E-state index is 0.0852. The van der Waals surface area contributed by atoms with Crippen LogP contribution in [0.2, 0.25) is 0 Å². The first kappa shape index (κ1) is 13.4. The van der Waals surface area contributed by atoms with Gasteiger partial charge in [0.05, 0.1) is 12.2 Å². The number of carbonyl (C=O) groups excluding carboxylic acids is 1. The first-order valence-electron chi connectivity index (χ1n) is 4.90. The third-order valence-electron chi connectivity index (χ3n) is 2.04. The molecule has 0 aliphatic rings. The fourth-order valence-corrected chi connectivity index (χ4v) is 1.95. The van der Waals surface area contributed by atoms with Gasteiger partial charge in [-0.1, -0.05) is 0 Å². The minimum Gasteiger partial charge on any atom is -0.478 e. The molecule has 0 saturated heterocycles. The fraction of sp³-hybridized carbons (Fsp3) is 0.273. The maximum Gasteiger partial charge on any atom is 0.328 e. The van der Waals surface area contributed by atoms with Gasteiger partial charge >= 0.3 is 5.97 Å². The van der Waals surface area contributed by atoms with Crippen molar-refractivity contribution < 1.29 is 19.8 Å². The zero-order valence-corrected chi connectivity index (χ0v) is 10.1. The van der Waals surface area contributed by atoms with Gasteiger partial charge in [-0.2, -0.15) is 0 Å². The number of aliphatic carboxylic acids is 1. The maximum absolute atomic E-state index is 11.8. The van der Waals surface area contributed by atoms with E-state index in [0.29, 0.717) is 10.4 Å². The molecule has 5 nitrogen and oxygen atoms in total. The van der Waals surface area contributed by atoms with E-state index in [-0.39, 0.29) is 19.1 Å². The zero-order valence-electron chi connectivity index (χ0n) is 9.29. The molecule has 0 aliphatic heterocycles. The smallest absolute Gasteiger partial charge is 0.328 e. The number of rotatable bonds is 5. The van der Waals surface area contributed by atoms with Gasteiger partial charge in [-0.25, -0.2) is 4.79 Å². The average molecular weight is 255 g/mol. The molecule has 2 N–H and O–H groups in total. The highest BCUT2D eigenvalue weighted by Crippen LogP contribution is 2.17. The Kier molecular flexibility index (Phi) is 4.86. The molecule has 1 amide bonds. The molecule has 1 aromatic heterocycles. The van der Waals surface area contributed by atoms with Gasteiger partial charge in [0.15, 0.2) is 0 Å². The van der Waals surface area contributed by atoms with Crippen LogP contribution in [0.3, 0.4) is 0 Å². The molecule has 17 heavy (non-hydrogen) atoms. The summed E-state index contributed by atoms with van der Waals surface area (Å²) in [7, 11) is 1.60. The molecule has 0 saturated carbocycles. The predicted molar refractivity (Wildman–Crippen MR) is 65.0 cm³/mol. The fourth-order valence-electron chi connectivity index (χ4n) is 1.18. The van der Waals surface area contributed by atoms with Crippen LogP contribution < -0.4 is 0 Å². The van der Waals surface area contributed by atoms with Crippen molar-refractivity contribution in [3.05, 3.63) is 28.0 Å². The van der Waals surface area contributed by atoms with E-state index in [0.717, 1.165) is 6.08 Å². The summed E-state index contributed by atoms with van der Waals surface area (Å²) < 4.78 is 0. The summed E-state index contributed by atoms with van der Waals surface area (Å²) in [6.45, 7) is 0.188. The van der Waals surface area contributed by atoms with Crippen LogP contribution in [0.5, 0.6) is 0 Å². The highest BCUT2D eigenvalue weighted by Gasteiger charge is 2.12. The Morgan fingerprint density at radius 1 is 1.53 bits per heavy atom. The number of carbonyl (C=O) groups is 2. The largest absolute Gasteiger partial charge is 0.478 e. The van der Waals surface area contributed by atoms with E-state index in [1.54, 1.807) is 18.5 Å². The summed E-state index contributed by atoms with van der Waals surface area (Å²) in [6.07, 6.45) is 2.47. The van der Waals surface area contributed by atoms with Crippen molar-refractivity contribution in [1.82, 2.24) is 4.90 Å². The summed E-state index contributed by atoms with van der Waals surface area (Å²) in [6, 6.07) is 1.63. The lowest BCUT2D eigenvalue weighted by molar-refractivity contribution is -0.131. The zero-order chi connectivity index (χ0) is 12.8. The van der Waals surface area contributed by atoms with Crippen LogP contribution in [0.25, 0.3) is 6.08 Å². The van der Waals surface area contributed by atoms with Crippen LogP contribution in [0.4, 0.5) is 0 Å². The molecule has 0 aromatic carbocycles. The molecular weight excluding hydrogens is 242 g/mol. The molecule has 92 valence electrons. The first-order chi connectivity index (χ1) is 8.04. The number of likely N-dealkylation sites (N-methyl/N-ethyl adjacent to an activating group) is 1. The second kappa shape index (κ2) is 6.17. The van der Waals surface area contributed by atoms with Crippen molar-refractivity contribution in [2.45, 2.75) is 0 Å². The van der Waals surface area contributed by atoms with Gasteiger partial charge in [-0.3, -0.25) is 4.79 Å². The van der Waals surface area contributed by atoms with Crippen LogP contribution in [0.15, 0.2) is 17.5 Å². The number of amides is 1. The van der Waals surface area contributed by atoms with Gasteiger partial charge in [0.2, 0.25) is 0 Å². The van der Waals surface area contributed by atoms with Crippen molar-refractivity contribution >= 4 is 29.3 Å². The SMILES string of the molecule is CN(CCO)C(=O)c1csc(C=CC(=O)O)c1. The molecule has 0 fully saturated rings. The Morgan fingerprint density at radius 3 is 2.82 bits per heavy atom. The summed E-state index contributed by atoms with van der Waals surface area (Å²) >= 11 is 1.30. The quantitative estimate of drug-likeness (QED) is 0.767. The lowest BCUT2D eigenvalue weighted by Gasteiger charge is -2.14. The van der Waals surface area contributed by atoms with Crippen LogP contribution >= 0.6 is 11.3 Å². The van der Waals surface area contributed by atoms with Crippen LogP contribution in [-0.4, -0.2) is 47.2 Å². The molecule has 1 heterocycles. The van der Waals surface area contributed by atoms with Crippen molar-refractivity contribution in [1.29, 1.82) is 0 Å². The Bertz CT molecular complexity index is 438. The molecule has 6 heteroatoms. The third-order valence-corrected chi connectivity index (χ3v) is 2.94. The highest BCUT2D eigenvalue weighted by molar-refractivity contribution is 7.11. The number of aliphatic hydroxyl groups excluding tert-OH is 1. The maximum atomic E-state index is 11.8. The Morgan fingerprint density at radius 2 is 2.24 bits per heavy atom. The first-order valence-corrected chi connectivity index (χ1v) is 5.78. The molecule has 1 rings (SSSR count). The van der Waals surface area contributed by atoms with Gasteiger partial charge in [0.1, 0.15) is 0 Å². The van der Waals surface area contributed by atoms with Crippen molar-refractivity contribution in [2.75, 3.05) is 20.2 Å². The lowest BCUT2D eigenvalue weighted by Crippen LogP contribution is -2.29. The van der Waals surface area contributed by atoms with Crippen molar-refractivity contribution in [2.24, 2.45) is 0 Å². The van der Waals surface area contributed by atoms with Gasteiger partial charge in [0, 0.05) is 29.9 Å². The predicted octanol–water partition coefficient (Wildman–Crippen LogP) is 0.910. The van der Waals surface area contributed by atoms with Gasteiger partial charge in [-0.05, 0) is 12.1 Å². The molecule has 1 aromatic rings. The van der Waals surface area contributed by atoms with Gasteiger partial charge in [0.25, 0.3) is 5.91 Å². The molecule has 0 spiro atoms. The van der Waals surface area contributed by atoms with E-state index >= 15 is 0 Å². The number of hydrogen-bond donors (Lipinski definition) is 2. The number of hydrogen-bond acceptors (Lipinski definition) is 4. The number of carboxylic acid groups (broad SMARTS) is 1. The summed E-state index contributed by atoms with van der Waals surface area (Å²) in [5.74, 6) is -1.21. The van der Waals surface area contributed by atoms with E-state index in [1.165, 1.54) is 22.3 Å². The van der Waals surface area contributed by atoms with E-state index in [9.17, 15) is 9.59 Å². The Hall–Kier alpha value is -1.66. The van der Waals surface area contributed by atoms with E-state index in [1.807, 2.05) is 0 Å². The molecular formula is C11H13NO4S. The molecule has 0 radical (unpaired) electrons. The summed E-state index contributed by atoms with van der Waals surface area (Å²) in [4.78, 5) is 24.2. The van der Waals surface area contributed by atoms with Gasteiger partial charge in [-0.15, -0.1) is 11.3 Å². The number of nitrogens with zero attached hydrogens (tertiary/aromatic N) is 1. The highest BCUT2D eigenvalue weighted by atomic mass is 32.1. The van der Waals surface area contributed by atoms with Gasteiger partial charge < -0.3 is 15.1 Å². The van der Waals surface area contributed by atoms with E-state index in [2.05, 4.69) is 0 Å². The van der Waals surface area contributed by atoms with Crippen molar-refractivity contribution in [3.8, 4) is 0 Å². The van der Waals surface area contributed by atoms with Crippen LogP contribution in [0, 0.1) is 0 Å². The topological polar surface area (TPSA) is 77.8 Å². The Balaban J connectivity index is 2.74. The number of thiophene rings is 1. The summed E-state index contributed by atoms with van der Waals surface area (Å²) in [5, 5.41) is 18.8. The molecule has 0 bridgehead atoms. The number of carboxylic acids is 1. The van der Waals surface area contributed by atoms with Crippen LogP contribution in [0.1, 0.15) is 15.2 Å². The second-order valence-electron chi connectivity index (χ2n) is 3.36. The minimum atomic E-state index is -1.02.